The standard InChI is InChI=1S/C18H21N3.2ClH/c1-11-6-13-8-14-7-12(2)16(20-4)10-18(14)21(5)17(13)9-15(11)19-3;;/h6-10H,1-5H3,(H,19,20);2*1H. The highest BCUT2D eigenvalue weighted by molar-refractivity contribution is 5.92. The Morgan fingerprint density at radius 3 is 2.00 bits per heavy atom. The second kappa shape index (κ2) is 7.35. The molecule has 1 heterocycles. The lowest BCUT2D eigenvalue weighted by Gasteiger charge is -2.09. The second-order valence-corrected chi connectivity index (χ2v) is 5.74. The van der Waals surface area contributed by atoms with Crippen molar-refractivity contribution in [2.75, 3.05) is 19.4 Å². The minimum Gasteiger partial charge on any atom is -1.00 e. The minimum atomic E-state index is 0. The summed E-state index contributed by atoms with van der Waals surface area (Å²) in [4.78, 5) is 0. The Morgan fingerprint density at radius 2 is 1.43 bits per heavy atom. The molecule has 1 aromatic heterocycles. The lowest BCUT2D eigenvalue weighted by Crippen LogP contribution is -3.00. The van der Waals surface area contributed by atoms with E-state index in [4.69, 9.17) is 0 Å². The van der Waals surface area contributed by atoms with Gasteiger partial charge in [-0.25, -0.2) is 0 Å². The van der Waals surface area contributed by atoms with E-state index in [9.17, 15) is 0 Å². The highest BCUT2D eigenvalue weighted by Crippen LogP contribution is 2.26. The number of rotatable bonds is 2. The number of pyridine rings is 1. The van der Waals surface area contributed by atoms with Crippen LogP contribution in [0.15, 0.2) is 30.3 Å². The predicted octanol–water partition coefficient (Wildman–Crippen LogP) is -3.69. The summed E-state index contributed by atoms with van der Waals surface area (Å²) < 4.78 is 2.29. The van der Waals surface area contributed by atoms with Crippen LogP contribution in [0.1, 0.15) is 11.1 Å². The molecule has 0 aliphatic rings. The number of hydrogen-bond donors (Lipinski definition) is 2. The number of hydrogen-bond acceptors (Lipinski definition) is 1. The molecule has 3 aromatic rings. The van der Waals surface area contributed by atoms with Gasteiger partial charge in [0, 0.05) is 35.1 Å². The zero-order chi connectivity index (χ0) is 15.1. The van der Waals surface area contributed by atoms with E-state index in [0.29, 0.717) is 0 Å². The molecule has 0 unspecified atom stereocenters. The van der Waals surface area contributed by atoms with Crippen LogP contribution in [0.25, 0.3) is 21.8 Å². The maximum absolute atomic E-state index is 3.27. The Bertz CT molecular complexity index is 792. The molecule has 23 heavy (non-hydrogen) atoms. The molecule has 0 spiro atoms. The molecule has 5 heteroatoms. The predicted molar refractivity (Wildman–Crippen MR) is 89.2 cm³/mol. The zero-order valence-electron chi connectivity index (χ0n) is 14.2. The Morgan fingerprint density at radius 1 is 0.870 bits per heavy atom. The fraction of sp³-hybridized carbons (Fsp3) is 0.278. The molecule has 3 rings (SSSR count). The second-order valence-electron chi connectivity index (χ2n) is 5.74. The third-order valence-corrected chi connectivity index (χ3v) is 4.40. The van der Waals surface area contributed by atoms with E-state index in [1.807, 2.05) is 7.05 Å². The van der Waals surface area contributed by atoms with Crippen molar-refractivity contribution < 1.29 is 34.7 Å². The molecule has 3 N–H and O–H groups in total. The molecular formula is C18H23Cl2N3. The van der Waals surface area contributed by atoms with Gasteiger partial charge in [0.25, 0.3) is 0 Å². The first-order valence-electron chi connectivity index (χ1n) is 7.40. The number of quaternary nitrogens is 1. The van der Waals surface area contributed by atoms with Crippen LogP contribution in [0.4, 0.5) is 11.4 Å². The van der Waals surface area contributed by atoms with E-state index in [-0.39, 0.29) is 24.8 Å². The fourth-order valence-electron chi connectivity index (χ4n) is 3.14. The summed E-state index contributed by atoms with van der Waals surface area (Å²) >= 11 is 0. The van der Waals surface area contributed by atoms with Crippen LogP contribution in [0.2, 0.25) is 0 Å². The van der Waals surface area contributed by atoms with Gasteiger partial charge in [0.1, 0.15) is 12.7 Å². The van der Waals surface area contributed by atoms with E-state index in [2.05, 4.69) is 73.5 Å². The van der Waals surface area contributed by atoms with Gasteiger partial charge in [-0.05, 0) is 37.6 Å². The van der Waals surface area contributed by atoms with Crippen molar-refractivity contribution in [3.05, 3.63) is 41.5 Å². The fourth-order valence-corrected chi connectivity index (χ4v) is 3.14. The highest BCUT2D eigenvalue weighted by atomic mass is 35.5. The largest absolute Gasteiger partial charge is 1.00 e. The molecule has 0 fully saturated rings. The van der Waals surface area contributed by atoms with Gasteiger partial charge in [-0.2, -0.15) is 4.57 Å². The number of halogens is 2. The van der Waals surface area contributed by atoms with Gasteiger partial charge in [0.2, 0.25) is 11.0 Å². The van der Waals surface area contributed by atoms with Gasteiger partial charge in [0.15, 0.2) is 0 Å². The number of nitrogens with two attached hydrogens (primary N) is 1. The molecule has 0 bridgehead atoms. The Labute approximate surface area is 149 Å². The molecule has 0 amide bonds. The molecule has 3 nitrogen and oxygen atoms in total. The Balaban J connectivity index is 0.00000132. The lowest BCUT2D eigenvalue weighted by molar-refractivity contribution is -0.618. The van der Waals surface area contributed by atoms with Crippen molar-refractivity contribution in [2.45, 2.75) is 13.8 Å². The van der Waals surface area contributed by atoms with Crippen LogP contribution in [-0.2, 0) is 7.05 Å². The Hall–Kier alpha value is -1.55. The lowest BCUT2D eigenvalue weighted by atomic mass is 10.0. The molecule has 0 aliphatic carbocycles. The van der Waals surface area contributed by atoms with Crippen LogP contribution in [0.3, 0.4) is 0 Å². The molecule has 2 aromatic carbocycles. The quantitative estimate of drug-likeness (QED) is 0.278. The van der Waals surface area contributed by atoms with Crippen LogP contribution >= 0.6 is 0 Å². The summed E-state index contributed by atoms with van der Waals surface area (Å²) in [6.07, 6.45) is 0. The Kier molecular flexibility index (Phi) is 6.23. The SMILES string of the molecule is CNc1cc2c(cc1C)cc1cc(C)c([NH2+]C)cc1[n+]2C.[Cl-].[Cl-]. The van der Waals surface area contributed by atoms with Gasteiger partial charge in [-0.3, -0.25) is 0 Å². The molecule has 0 aliphatic heterocycles. The van der Waals surface area contributed by atoms with E-state index >= 15 is 0 Å². The van der Waals surface area contributed by atoms with Crippen molar-refractivity contribution in [2.24, 2.45) is 7.05 Å². The van der Waals surface area contributed by atoms with Gasteiger partial charge < -0.3 is 35.4 Å². The number of benzene rings is 2. The van der Waals surface area contributed by atoms with Crippen LogP contribution in [-0.4, -0.2) is 14.1 Å². The van der Waals surface area contributed by atoms with Crippen molar-refractivity contribution in [3.8, 4) is 0 Å². The number of aryl methyl sites for hydroxylation is 3. The first kappa shape index (κ1) is 19.5. The molecule has 0 atom stereocenters. The van der Waals surface area contributed by atoms with Crippen molar-refractivity contribution in [3.63, 3.8) is 0 Å². The van der Waals surface area contributed by atoms with Gasteiger partial charge in [-0.1, -0.05) is 0 Å². The van der Waals surface area contributed by atoms with E-state index in [1.165, 1.54) is 44.3 Å². The average molecular weight is 352 g/mol. The van der Waals surface area contributed by atoms with Crippen LogP contribution in [0, 0.1) is 13.8 Å². The van der Waals surface area contributed by atoms with Crippen molar-refractivity contribution >= 4 is 33.2 Å². The van der Waals surface area contributed by atoms with Gasteiger partial charge in [0.05, 0.1) is 13.1 Å². The third-order valence-electron chi connectivity index (χ3n) is 4.40. The van der Waals surface area contributed by atoms with Gasteiger partial charge in [-0.15, -0.1) is 0 Å². The molecule has 0 radical (unpaired) electrons. The molecule has 124 valence electrons. The zero-order valence-corrected chi connectivity index (χ0v) is 15.7. The topological polar surface area (TPSA) is 32.5 Å². The molecule has 0 saturated heterocycles. The third kappa shape index (κ3) is 3.23. The number of nitrogens with zero attached hydrogens (tertiary/aromatic N) is 1. The number of aromatic nitrogens is 1. The summed E-state index contributed by atoms with van der Waals surface area (Å²) in [6.45, 7) is 4.32. The highest BCUT2D eigenvalue weighted by Gasteiger charge is 2.16. The average Bonchev–Trinajstić information content (AvgIpc) is 2.46. The summed E-state index contributed by atoms with van der Waals surface area (Å²) in [5.41, 5.74) is 7.62. The minimum absolute atomic E-state index is 0. The van der Waals surface area contributed by atoms with Crippen molar-refractivity contribution in [1.29, 1.82) is 0 Å². The number of anilines is 1. The number of nitrogens with one attached hydrogen (secondary N) is 1. The van der Waals surface area contributed by atoms with E-state index in [0.717, 1.165) is 0 Å². The van der Waals surface area contributed by atoms with Crippen LogP contribution in [0.5, 0.6) is 0 Å². The summed E-state index contributed by atoms with van der Waals surface area (Å²) in [5, 5.41) is 8.03. The normalized spacial score (nSPS) is 10.3. The molecule has 0 saturated carbocycles. The van der Waals surface area contributed by atoms with Crippen molar-refractivity contribution in [1.82, 2.24) is 0 Å². The summed E-state index contributed by atoms with van der Waals surface area (Å²) in [7, 11) is 6.22. The van der Waals surface area contributed by atoms with Gasteiger partial charge >= 0.3 is 0 Å². The first-order valence-corrected chi connectivity index (χ1v) is 7.40. The van der Waals surface area contributed by atoms with Crippen LogP contribution < -0.4 is 40.0 Å². The first-order chi connectivity index (χ1) is 10.0. The summed E-state index contributed by atoms with van der Waals surface area (Å²) in [5.74, 6) is 0. The van der Waals surface area contributed by atoms with E-state index < -0.39 is 0 Å². The summed E-state index contributed by atoms with van der Waals surface area (Å²) in [6, 6.07) is 11.4. The smallest absolute Gasteiger partial charge is 0.218 e. The number of fused-ring (bicyclic) bond motifs is 2. The molecular weight excluding hydrogens is 329 g/mol. The maximum atomic E-state index is 3.27. The monoisotopic (exact) mass is 351 g/mol. The van der Waals surface area contributed by atoms with E-state index in [1.54, 1.807) is 0 Å². The maximum Gasteiger partial charge on any atom is 0.218 e.